The van der Waals surface area contributed by atoms with E-state index in [1.807, 2.05) is 24.3 Å². The summed E-state index contributed by atoms with van der Waals surface area (Å²) < 4.78 is 10.8. The Labute approximate surface area is 136 Å². The maximum atomic E-state index is 6.08. The molecule has 0 fully saturated rings. The number of rotatable bonds is 4. The first-order chi connectivity index (χ1) is 9.56. The van der Waals surface area contributed by atoms with Gasteiger partial charge in [0.2, 0.25) is 0 Å². The van der Waals surface area contributed by atoms with Crippen molar-refractivity contribution < 1.29 is 9.47 Å². The van der Waals surface area contributed by atoms with Crippen LogP contribution in [0.1, 0.15) is 16.0 Å². The Balaban J connectivity index is 2.51. The lowest BCUT2D eigenvalue weighted by Crippen LogP contribution is -2.00. The maximum absolute atomic E-state index is 6.08. The molecule has 1 unspecified atom stereocenters. The van der Waals surface area contributed by atoms with E-state index < -0.39 is 0 Å². The third-order valence-corrected chi connectivity index (χ3v) is 4.39. The van der Waals surface area contributed by atoms with Gasteiger partial charge >= 0.3 is 0 Å². The van der Waals surface area contributed by atoms with Crippen LogP contribution in [0.4, 0.5) is 0 Å². The highest BCUT2D eigenvalue weighted by atomic mass is 79.9. The second kappa shape index (κ2) is 6.70. The molecule has 0 aromatic heterocycles. The first kappa shape index (κ1) is 15.5. The lowest BCUT2D eigenvalue weighted by molar-refractivity contribution is 0.405. The minimum absolute atomic E-state index is 0.108. The molecule has 5 heteroatoms. The molecule has 0 saturated carbocycles. The van der Waals surface area contributed by atoms with Gasteiger partial charge < -0.3 is 9.47 Å². The van der Waals surface area contributed by atoms with E-state index in [1.54, 1.807) is 26.4 Å². The Hall–Kier alpha value is -0.900. The van der Waals surface area contributed by atoms with Crippen molar-refractivity contribution in [2.75, 3.05) is 14.2 Å². The van der Waals surface area contributed by atoms with Crippen molar-refractivity contribution in [2.24, 2.45) is 0 Å². The van der Waals surface area contributed by atoms with E-state index in [4.69, 9.17) is 32.7 Å². The molecule has 106 valence electrons. The van der Waals surface area contributed by atoms with Gasteiger partial charge in [0.25, 0.3) is 0 Å². The number of ether oxygens (including phenoxy) is 2. The zero-order valence-electron chi connectivity index (χ0n) is 11.0. The van der Waals surface area contributed by atoms with Gasteiger partial charge in [-0.3, -0.25) is 0 Å². The molecule has 2 rings (SSSR count). The fourth-order valence-corrected chi connectivity index (χ4v) is 3.04. The molecule has 0 aliphatic rings. The van der Waals surface area contributed by atoms with Gasteiger partial charge in [-0.1, -0.05) is 45.2 Å². The molecule has 0 amide bonds. The molecule has 0 heterocycles. The van der Waals surface area contributed by atoms with Crippen LogP contribution in [-0.2, 0) is 0 Å². The SMILES string of the molecule is COc1cc(Cl)ccc1C(Br)c1cc(Cl)ccc1OC. The first-order valence-corrected chi connectivity index (χ1v) is 7.55. The summed E-state index contributed by atoms with van der Waals surface area (Å²) in [7, 11) is 3.25. The van der Waals surface area contributed by atoms with Gasteiger partial charge in [-0.25, -0.2) is 0 Å². The van der Waals surface area contributed by atoms with E-state index in [0.29, 0.717) is 15.8 Å². The van der Waals surface area contributed by atoms with E-state index in [9.17, 15) is 0 Å². The van der Waals surface area contributed by atoms with Crippen LogP contribution in [0, 0.1) is 0 Å². The van der Waals surface area contributed by atoms with Gasteiger partial charge in [-0.15, -0.1) is 0 Å². The zero-order chi connectivity index (χ0) is 14.7. The number of benzene rings is 2. The smallest absolute Gasteiger partial charge is 0.125 e. The topological polar surface area (TPSA) is 18.5 Å². The second-order valence-corrected chi connectivity index (χ2v) is 5.92. The molecule has 0 radical (unpaired) electrons. The molecule has 2 aromatic carbocycles. The molecule has 0 saturated heterocycles. The lowest BCUT2D eigenvalue weighted by Gasteiger charge is -2.17. The fourth-order valence-electron chi connectivity index (χ4n) is 1.97. The Morgan fingerprint density at radius 3 is 2.10 bits per heavy atom. The van der Waals surface area contributed by atoms with Crippen LogP contribution in [0.5, 0.6) is 11.5 Å². The van der Waals surface area contributed by atoms with Crippen LogP contribution in [0.2, 0.25) is 10.0 Å². The lowest BCUT2D eigenvalue weighted by atomic mass is 10.0. The minimum Gasteiger partial charge on any atom is -0.496 e. The predicted octanol–water partition coefficient (Wildman–Crippen LogP) is 5.49. The highest BCUT2D eigenvalue weighted by Crippen LogP contribution is 2.42. The van der Waals surface area contributed by atoms with Crippen LogP contribution < -0.4 is 9.47 Å². The van der Waals surface area contributed by atoms with Crippen LogP contribution in [0.3, 0.4) is 0 Å². The molecular formula is C15H13BrCl2O2. The van der Waals surface area contributed by atoms with Crippen molar-refractivity contribution in [2.45, 2.75) is 4.83 Å². The van der Waals surface area contributed by atoms with Crippen LogP contribution in [-0.4, -0.2) is 14.2 Å². The molecular weight excluding hydrogens is 363 g/mol. The number of methoxy groups -OCH3 is 2. The maximum Gasteiger partial charge on any atom is 0.125 e. The van der Waals surface area contributed by atoms with Crippen molar-refractivity contribution in [3.05, 3.63) is 57.6 Å². The third kappa shape index (κ3) is 3.22. The Morgan fingerprint density at radius 2 is 1.45 bits per heavy atom. The zero-order valence-corrected chi connectivity index (χ0v) is 14.1. The van der Waals surface area contributed by atoms with E-state index in [1.165, 1.54) is 0 Å². The number of halogens is 3. The average molecular weight is 376 g/mol. The molecule has 0 bridgehead atoms. The van der Waals surface area contributed by atoms with Crippen molar-refractivity contribution in [3.8, 4) is 11.5 Å². The molecule has 2 aromatic rings. The quantitative estimate of drug-likeness (QED) is 0.657. The van der Waals surface area contributed by atoms with Crippen molar-refractivity contribution in [1.29, 1.82) is 0 Å². The van der Waals surface area contributed by atoms with Crippen LogP contribution in [0.15, 0.2) is 36.4 Å². The summed E-state index contributed by atoms with van der Waals surface area (Å²) in [6.45, 7) is 0. The molecule has 0 aliphatic heterocycles. The highest BCUT2D eigenvalue weighted by Gasteiger charge is 2.19. The fraction of sp³-hybridized carbons (Fsp3) is 0.200. The first-order valence-electron chi connectivity index (χ1n) is 5.87. The number of hydrogen-bond acceptors (Lipinski definition) is 2. The van der Waals surface area contributed by atoms with Gasteiger partial charge in [0, 0.05) is 21.2 Å². The summed E-state index contributed by atoms with van der Waals surface area (Å²) in [6, 6.07) is 11.0. The van der Waals surface area contributed by atoms with Crippen molar-refractivity contribution in [3.63, 3.8) is 0 Å². The molecule has 0 N–H and O–H groups in total. The summed E-state index contributed by atoms with van der Waals surface area (Å²) in [6.07, 6.45) is 0. The van der Waals surface area contributed by atoms with Crippen molar-refractivity contribution >= 4 is 39.1 Å². The van der Waals surface area contributed by atoms with E-state index in [2.05, 4.69) is 15.9 Å². The Morgan fingerprint density at radius 1 is 0.850 bits per heavy atom. The van der Waals surface area contributed by atoms with Crippen molar-refractivity contribution in [1.82, 2.24) is 0 Å². The normalized spacial score (nSPS) is 12.1. The Bertz CT molecular complexity index is 617. The predicted molar refractivity (Wildman–Crippen MR) is 86.8 cm³/mol. The standard InChI is InChI=1S/C15H13BrCl2O2/c1-19-13-6-4-9(17)7-12(13)15(16)11-5-3-10(18)8-14(11)20-2/h3-8,15H,1-2H3. The van der Waals surface area contributed by atoms with Gasteiger partial charge in [0.1, 0.15) is 11.5 Å². The highest BCUT2D eigenvalue weighted by molar-refractivity contribution is 9.09. The average Bonchev–Trinajstić information content (AvgIpc) is 2.46. The molecule has 20 heavy (non-hydrogen) atoms. The van der Waals surface area contributed by atoms with Crippen LogP contribution in [0.25, 0.3) is 0 Å². The molecule has 0 spiro atoms. The third-order valence-electron chi connectivity index (χ3n) is 2.93. The monoisotopic (exact) mass is 374 g/mol. The van der Waals surface area contributed by atoms with Gasteiger partial charge in [0.05, 0.1) is 19.0 Å². The van der Waals surface area contributed by atoms with Crippen LogP contribution >= 0.6 is 39.1 Å². The molecule has 1 atom stereocenters. The minimum atomic E-state index is -0.108. The number of hydrogen-bond donors (Lipinski definition) is 0. The summed E-state index contributed by atoms with van der Waals surface area (Å²) in [5.41, 5.74) is 1.89. The van der Waals surface area contributed by atoms with E-state index in [-0.39, 0.29) is 4.83 Å². The summed E-state index contributed by atoms with van der Waals surface area (Å²) in [5.74, 6) is 1.47. The van der Waals surface area contributed by atoms with E-state index >= 15 is 0 Å². The van der Waals surface area contributed by atoms with Gasteiger partial charge in [-0.2, -0.15) is 0 Å². The van der Waals surface area contributed by atoms with Gasteiger partial charge in [-0.05, 0) is 30.3 Å². The molecule has 2 nitrogen and oxygen atoms in total. The van der Waals surface area contributed by atoms with E-state index in [0.717, 1.165) is 16.9 Å². The number of alkyl halides is 1. The molecule has 0 aliphatic carbocycles. The second-order valence-electron chi connectivity index (χ2n) is 4.14. The Kier molecular flexibility index (Phi) is 5.19. The summed E-state index contributed by atoms with van der Waals surface area (Å²) >= 11 is 15.7. The van der Waals surface area contributed by atoms with Gasteiger partial charge in [0.15, 0.2) is 0 Å². The largest absolute Gasteiger partial charge is 0.496 e. The summed E-state index contributed by atoms with van der Waals surface area (Å²) in [4.78, 5) is -0.108. The summed E-state index contributed by atoms with van der Waals surface area (Å²) in [5, 5.41) is 1.28.